The van der Waals surface area contributed by atoms with Gasteiger partial charge in [-0.3, -0.25) is 0 Å². The largest absolute Gasteiger partial charge is 0.381 e. The Morgan fingerprint density at radius 1 is 0.818 bits per heavy atom. The standard InChI is InChI=1S/C24H25N9/c1-16-3-2-4-20(28-16)23-26-13-10-21(32-23)31-22-11-14-27-24(33-22)30-18-7-5-17(6-8-18)29-19-9-12-25-15-19/h2-8,10-11,13-14,19,25,29H,9,12,15H2,1H3,(H2,26,27,30,31,32,33). The first-order valence-corrected chi connectivity index (χ1v) is 10.9. The van der Waals surface area contributed by atoms with Crippen LogP contribution in [0, 0.1) is 6.92 Å². The lowest BCUT2D eigenvalue weighted by molar-refractivity contribution is 0.793. The second kappa shape index (κ2) is 9.58. The van der Waals surface area contributed by atoms with Crippen molar-refractivity contribution in [3.05, 3.63) is 72.7 Å². The van der Waals surface area contributed by atoms with E-state index in [-0.39, 0.29) is 0 Å². The Morgan fingerprint density at radius 2 is 1.61 bits per heavy atom. The van der Waals surface area contributed by atoms with Gasteiger partial charge in [-0.25, -0.2) is 19.9 Å². The minimum atomic E-state index is 0.485. The van der Waals surface area contributed by atoms with E-state index in [1.807, 2.05) is 37.3 Å². The molecule has 4 aromatic rings. The number of hydrogen-bond donors (Lipinski definition) is 4. The van der Waals surface area contributed by atoms with Crippen molar-refractivity contribution in [3.63, 3.8) is 0 Å². The lowest BCUT2D eigenvalue weighted by Crippen LogP contribution is -2.21. The normalized spacial score (nSPS) is 15.2. The van der Waals surface area contributed by atoms with Crippen LogP contribution < -0.4 is 21.3 Å². The van der Waals surface area contributed by atoms with Crippen molar-refractivity contribution in [1.82, 2.24) is 30.2 Å². The van der Waals surface area contributed by atoms with Crippen molar-refractivity contribution in [3.8, 4) is 11.5 Å². The second-order valence-electron chi connectivity index (χ2n) is 7.86. The summed E-state index contributed by atoms with van der Waals surface area (Å²) in [5.41, 5.74) is 3.66. The van der Waals surface area contributed by atoms with Gasteiger partial charge in [-0.2, -0.15) is 4.98 Å². The quantitative estimate of drug-likeness (QED) is 0.340. The first-order valence-electron chi connectivity index (χ1n) is 10.9. The van der Waals surface area contributed by atoms with E-state index in [1.165, 1.54) is 0 Å². The summed E-state index contributed by atoms with van der Waals surface area (Å²) in [6.45, 7) is 4.01. The van der Waals surface area contributed by atoms with Crippen LogP contribution in [-0.2, 0) is 0 Å². The van der Waals surface area contributed by atoms with Crippen molar-refractivity contribution in [1.29, 1.82) is 0 Å². The average Bonchev–Trinajstić information content (AvgIpc) is 3.34. The van der Waals surface area contributed by atoms with Gasteiger partial charge in [0.2, 0.25) is 5.95 Å². The molecule has 0 amide bonds. The molecule has 9 nitrogen and oxygen atoms in total. The number of benzene rings is 1. The lowest BCUT2D eigenvalue weighted by Gasteiger charge is -2.13. The summed E-state index contributed by atoms with van der Waals surface area (Å²) in [4.78, 5) is 22.3. The van der Waals surface area contributed by atoms with E-state index in [1.54, 1.807) is 24.5 Å². The fourth-order valence-corrected chi connectivity index (χ4v) is 3.63. The highest BCUT2D eigenvalue weighted by Gasteiger charge is 2.13. The van der Waals surface area contributed by atoms with Crippen molar-refractivity contribution in [2.75, 3.05) is 29.0 Å². The monoisotopic (exact) mass is 439 g/mol. The molecule has 3 aromatic heterocycles. The van der Waals surface area contributed by atoms with E-state index in [2.05, 4.69) is 58.3 Å². The summed E-state index contributed by atoms with van der Waals surface area (Å²) in [6, 6.07) is 18.0. The van der Waals surface area contributed by atoms with Gasteiger partial charge in [0.15, 0.2) is 5.82 Å². The van der Waals surface area contributed by atoms with Gasteiger partial charge in [-0.15, -0.1) is 0 Å². The molecule has 9 heteroatoms. The number of anilines is 5. The molecule has 1 aromatic carbocycles. The Bertz CT molecular complexity index is 1220. The fraction of sp³-hybridized carbons (Fsp3) is 0.208. The van der Waals surface area contributed by atoms with Crippen LogP contribution in [0.5, 0.6) is 0 Å². The van der Waals surface area contributed by atoms with E-state index in [4.69, 9.17) is 0 Å². The molecule has 1 saturated heterocycles. The van der Waals surface area contributed by atoms with Crippen LogP contribution in [0.1, 0.15) is 12.1 Å². The van der Waals surface area contributed by atoms with Gasteiger partial charge in [0, 0.05) is 42.0 Å². The van der Waals surface area contributed by atoms with E-state index in [0.717, 1.165) is 42.3 Å². The van der Waals surface area contributed by atoms with Crippen LogP contribution >= 0.6 is 0 Å². The van der Waals surface area contributed by atoms with E-state index >= 15 is 0 Å². The molecule has 1 aliphatic heterocycles. The van der Waals surface area contributed by atoms with Crippen molar-refractivity contribution < 1.29 is 0 Å². The summed E-state index contributed by atoms with van der Waals surface area (Å²) in [7, 11) is 0. The lowest BCUT2D eigenvalue weighted by atomic mass is 10.2. The molecular formula is C24H25N9. The maximum Gasteiger partial charge on any atom is 0.229 e. The first-order chi connectivity index (χ1) is 16.2. The van der Waals surface area contributed by atoms with Crippen LogP contribution in [0.15, 0.2) is 67.0 Å². The van der Waals surface area contributed by atoms with Crippen LogP contribution in [0.25, 0.3) is 11.5 Å². The summed E-state index contributed by atoms with van der Waals surface area (Å²) in [6.07, 6.45) is 4.54. The number of aryl methyl sites for hydroxylation is 1. The number of pyridine rings is 1. The molecule has 33 heavy (non-hydrogen) atoms. The van der Waals surface area contributed by atoms with Crippen LogP contribution in [0.3, 0.4) is 0 Å². The van der Waals surface area contributed by atoms with Gasteiger partial charge in [0.05, 0.1) is 0 Å². The van der Waals surface area contributed by atoms with Crippen LogP contribution in [0.4, 0.5) is 29.0 Å². The summed E-state index contributed by atoms with van der Waals surface area (Å²) in [5, 5.41) is 13.4. The van der Waals surface area contributed by atoms with E-state index < -0.39 is 0 Å². The summed E-state index contributed by atoms with van der Waals surface area (Å²) >= 11 is 0. The predicted octanol–water partition coefficient (Wildman–Crippen LogP) is 3.90. The minimum absolute atomic E-state index is 0.485. The molecule has 5 rings (SSSR count). The molecule has 0 aliphatic carbocycles. The Labute approximate surface area is 192 Å². The molecule has 1 atom stereocenters. The number of nitrogens with one attached hydrogen (secondary N) is 4. The average molecular weight is 440 g/mol. The molecule has 1 aliphatic rings. The van der Waals surface area contributed by atoms with E-state index in [9.17, 15) is 0 Å². The zero-order valence-electron chi connectivity index (χ0n) is 18.3. The molecule has 166 valence electrons. The first kappa shape index (κ1) is 20.8. The molecule has 0 bridgehead atoms. The number of nitrogens with zero attached hydrogens (tertiary/aromatic N) is 5. The van der Waals surface area contributed by atoms with Crippen molar-refractivity contribution in [2.45, 2.75) is 19.4 Å². The summed E-state index contributed by atoms with van der Waals surface area (Å²) in [5.74, 6) is 2.31. The SMILES string of the molecule is Cc1cccc(-c2nccc(Nc3ccnc(Nc4ccc(NC5CCNC5)cc4)n3)n2)n1. The third kappa shape index (κ3) is 5.39. The van der Waals surface area contributed by atoms with Crippen LogP contribution in [-0.4, -0.2) is 44.1 Å². The third-order valence-corrected chi connectivity index (χ3v) is 5.26. The topological polar surface area (TPSA) is 113 Å². The smallest absolute Gasteiger partial charge is 0.229 e. The zero-order chi connectivity index (χ0) is 22.5. The predicted molar refractivity (Wildman–Crippen MR) is 130 cm³/mol. The molecule has 1 fully saturated rings. The zero-order valence-corrected chi connectivity index (χ0v) is 18.3. The molecule has 0 spiro atoms. The molecule has 1 unspecified atom stereocenters. The highest BCUT2D eigenvalue weighted by molar-refractivity contribution is 5.61. The number of hydrogen-bond acceptors (Lipinski definition) is 9. The fourth-order valence-electron chi connectivity index (χ4n) is 3.63. The van der Waals surface area contributed by atoms with Gasteiger partial charge < -0.3 is 21.3 Å². The molecule has 4 heterocycles. The van der Waals surface area contributed by atoms with Gasteiger partial charge in [-0.1, -0.05) is 6.07 Å². The second-order valence-corrected chi connectivity index (χ2v) is 7.86. The maximum atomic E-state index is 4.57. The molecule has 4 N–H and O–H groups in total. The van der Waals surface area contributed by atoms with Gasteiger partial charge in [0.1, 0.15) is 17.3 Å². The van der Waals surface area contributed by atoms with E-state index in [0.29, 0.717) is 29.5 Å². The molecule has 0 radical (unpaired) electrons. The Kier molecular flexibility index (Phi) is 6.03. The molecule has 0 saturated carbocycles. The Hall–Kier alpha value is -4.11. The van der Waals surface area contributed by atoms with Gasteiger partial charge in [-0.05, 0) is 68.4 Å². The summed E-state index contributed by atoms with van der Waals surface area (Å²) < 4.78 is 0. The van der Waals surface area contributed by atoms with Gasteiger partial charge in [0.25, 0.3) is 0 Å². The van der Waals surface area contributed by atoms with Crippen molar-refractivity contribution in [2.24, 2.45) is 0 Å². The highest BCUT2D eigenvalue weighted by atomic mass is 15.2. The Balaban J connectivity index is 1.25. The third-order valence-electron chi connectivity index (χ3n) is 5.26. The highest BCUT2D eigenvalue weighted by Crippen LogP contribution is 2.20. The number of aromatic nitrogens is 5. The number of rotatable bonds is 7. The van der Waals surface area contributed by atoms with Crippen LogP contribution in [0.2, 0.25) is 0 Å². The molecular weight excluding hydrogens is 414 g/mol. The Morgan fingerprint density at radius 3 is 2.39 bits per heavy atom. The maximum absolute atomic E-state index is 4.57. The van der Waals surface area contributed by atoms with Crippen molar-refractivity contribution >= 4 is 29.0 Å². The van der Waals surface area contributed by atoms with Gasteiger partial charge >= 0.3 is 0 Å². The minimum Gasteiger partial charge on any atom is -0.381 e.